The topological polar surface area (TPSA) is 95.4 Å². The van der Waals surface area contributed by atoms with Crippen LogP contribution in [0.1, 0.15) is 25.3 Å². The molecule has 0 aliphatic carbocycles. The second kappa shape index (κ2) is 6.70. The number of hydrogen-bond donors (Lipinski definition) is 3. The van der Waals surface area contributed by atoms with Gasteiger partial charge in [0.15, 0.2) is 5.75 Å². The summed E-state index contributed by atoms with van der Waals surface area (Å²) in [4.78, 5) is 11.6. The quantitative estimate of drug-likeness (QED) is 0.734. The molecule has 0 saturated heterocycles. The van der Waals surface area contributed by atoms with Crippen molar-refractivity contribution in [3.63, 3.8) is 0 Å². The van der Waals surface area contributed by atoms with Crippen molar-refractivity contribution in [2.45, 2.75) is 19.8 Å². The van der Waals surface area contributed by atoms with E-state index in [0.29, 0.717) is 5.56 Å². The first-order chi connectivity index (χ1) is 10.3. The summed E-state index contributed by atoms with van der Waals surface area (Å²) >= 11 is 12.1. The highest BCUT2D eigenvalue weighted by Crippen LogP contribution is 2.35. The molecule has 0 spiro atoms. The van der Waals surface area contributed by atoms with E-state index in [2.05, 4.69) is 10.2 Å². The van der Waals surface area contributed by atoms with Crippen molar-refractivity contribution >= 4 is 35.8 Å². The van der Waals surface area contributed by atoms with Gasteiger partial charge in [-0.25, -0.2) is 5.10 Å². The maximum absolute atomic E-state index is 11.6. The molecule has 6 nitrogen and oxygen atoms in total. The molecule has 0 atom stereocenters. The van der Waals surface area contributed by atoms with E-state index < -0.39 is 7.12 Å². The van der Waals surface area contributed by atoms with E-state index in [0.717, 1.165) is 0 Å². The van der Waals surface area contributed by atoms with E-state index in [-0.39, 0.29) is 38.6 Å². The van der Waals surface area contributed by atoms with Crippen molar-refractivity contribution in [1.29, 1.82) is 0 Å². The number of nitrogens with zero attached hydrogens (tertiary/aromatic N) is 1. The monoisotopic (exact) mass is 342 g/mol. The molecule has 116 valence electrons. The third kappa shape index (κ3) is 3.62. The van der Waals surface area contributed by atoms with Crippen molar-refractivity contribution in [2.24, 2.45) is 0 Å². The number of aromatic nitrogens is 2. The Kier molecular flexibility index (Phi) is 5.13. The molecule has 3 N–H and O–H groups in total. The fourth-order valence-electron chi connectivity index (χ4n) is 1.81. The number of hydrogen-bond acceptors (Lipinski definition) is 5. The zero-order valence-corrected chi connectivity index (χ0v) is 13.3. The van der Waals surface area contributed by atoms with E-state index >= 15 is 0 Å². The van der Waals surface area contributed by atoms with Crippen LogP contribution in [0.4, 0.5) is 0 Å². The van der Waals surface area contributed by atoms with Crippen molar-refractivity contribution in [3.8, 4) is 11.6 Å². The van der Waals surface area contributed by atoms with Crippen LogP contribution in [-0.4, -0.2) is 27.4 Å². The number of rotatable bonds is 4. The minimum Gasteiger partial charge on any atom is -0.434 e. The summed E-state index contributed by atoms with van der Waals surface area (Å²) < 4.78 is 5.51. The second-order valence-corrected chi connectivity index (χ2v) is 5.75. The molecule has 0 aliphatic heterocycles. The standard InChI is InChI=1S/C13H13BCl2N2O4/c1-6(2)8-5-11(17-18-13(8)19)22-12-9(15)3-7(14(20)21)4-10(12)16/h3-6,20-21H,1-2H3,(H,18,19). The van der Waals surface area contributed by atoms with Gasteiger partial charge in [0.05, 0.1) is 10.0 Å². The Hall–Kier alpha value is -1.54. The summed E-state index contributed by atoms with van der Waals surface area (Å²) in [5, 5.41) is 24.6. The third-order valence-corrected chi connectivity index (χ3v) is 3.52. The molecule has 9 heteroatoms. The number of aromatic amines is 1. The van der Waals surface area contributed by atoms with Crippen LogP contribution in [0.25, 0.3) is 0 Å². The Morgan fingerprint density at radius 2 is 1.82 bits per heavy atom. The lowest BCUT2D eigenvalue weighted by Crippen LogP contribution is -2.29. The molecule has 0 amide bonds. The fraction of sp³-hybridized carbons (Fsp3) is 0.231. The largest absolute Gasteiger partial charge is 0.488 e. The van der Waals surface area contributed by atoms with Gasteiger partial charge < -0.3 is 14.8 Å². The van der Waals surface area contributed by atoms with Crippen molar-refractivity contribution in [3.05, 3.63) is 44.2 Å². The van der Waals surface area contributed by atoms with Gasteiger partial charge in [-0.2, -0.15) is 0 Å². The predicted octanol–water partition coefficient (Wildman–Crippen LogP) is 1.67. The molecule has 1 heterocycles. The highest BCUT2D eigenvalue weighted by Gasteiger charge is 2.18. The first-order valence-electron chi connectivity index (χ1n) is 6.42. The van der Waals surface area contributed by atoms with Gasteiger partial charge in [-0.3, -0.25) is 4.79 Å². The normalized spacial score (nSPS) is 10.9. The lowest BCUT2D eigenvalue weighted by Gasteiger charge is -2.11. The number of H-pyrrole nitrogens is 1. The van der Waals surface area contributed by atoms with Crippen LogP contribution in [0.3, 0.4) is 0 Å². The van der Waals surface area contributed by atoms with Crippen LogP contribution in [0.5, 0.6) is 11.6 Å². The molecule has 0 saturated carbocycles. The maximum Gasteiger partial charge on any atom is 0.488 e. The number of halogens is 2. The van der Waals surface area contributed by atoms with Gasteiger partial charge in [0.1, 0.15) is 0 Å². The maximum atomic E-state index is 11.6. The van der Waals surface area contributed by atoms with Crippen LogP contribution >= 0.6 is 23.2 Å². The highest BCUT2D eigenvalue weighted by molar-refractivity contribution is 6.59. The fourth-order valence-corrected chi connectivity index (χ4v) is 2.39. The van der Waals surface area contributed by atoms with Crippen LogP contribution in [0, 0.1) is 0 Å². The zero-order valence-electron chi connectivity index (χ0n) is 11.8. The van der Waals surface area contributed by atoms with Crippen LogP contribution in [0.2, 0.25) is 10.0 Å². The molecule has 0 aliphatic rings. The van der Waals surface area contributed by atoms with E-state index in [4.69, 9.17) is 38.0 Å². The number of ether oxygens (including phenoxy) is 1. The van der Waals surface area contributed by atoms with Gasteiger partial charge in [-0.15, -0.1) is 5.10 Å². The first kappa shape index (κ1) is 16.8. The minimum atomic E-state index is -1.69. The molecular formula is C13H13BCl2N2O4. The smallest absolute Gasteiger partial charge is 0.434 e. The Morgan fingerprint density at radius 3 is 2.32 bits per heavy atom. The SMILES string of the molecule is CC(C)c1cc(Oc2c(Cl)cc(B(O)O)cc2Cl)n[nH]c1=O. The van der Waals surface area contributed by atoms with Gasteiger partial charge in [0.2, 0.25) is 5.88 Å². The summed E-state index contributed by atoms with van der Waals surface area (Å²) in [5.74, 6) is 0.235. The van der Waals surface area contributed by atoms with Gasteiger partial charge in [-0.05, 0) is 23.5 Å². The molecule has 1 aromatic heterocycles. The Labute approximate surface area is 136 Å². The Balaban J connectivity index is 2.39. The first-order valence-corrected chi connectivity index (χ1v) is 7.17. The summed E-state index contributed by atoms with van der Waals surface area (Å²) in [6.07, 6.45) is 0. The third-order valence-electron chi connectivity index (χ3n) is 2.96. The predicted molar refractivity (Wildman–Crippen MR) is 85.3 cm³/mol. The second-order valence-electron chi connectivity index (χ2n) is 4.93. The van der Waals surface area contributed by atoms with Gasteiger partial charge in [0, 0.05) is 11.6 Å². The summed E-state index contributed by atoms with van der Waals surface area (Å²) in [6, 6.07) is 4.15. The molecular weight excluding hydrogens is 330 g/mol. The minimum absolute atomic E-state index is 0.00745. The molecule has 1 aromatic carbocycles. The van der Waals surface area contributed by atoms with Crippen LogP contribution in [-0.2, 0) is 0 Å². The average molecular weight is 343 g/mol. The molecule has 22 heavy (non-hydrogen) atoms. The molecule has 0 radical (unpaired) electrons. The molecule has 2 aromatic rings. The van der Waals surface area contributed by atoms with E-state index in [1.807, 2.05) is 13.8 Å². The van der Waals surface area contributed by atoms with E-state index in [9.17, 15) is 4.79 Å². The Bertz CT molecular complexity index is 726. The molecule has 0 bridgehead atoms. The van der Waals surface area contributed by atoms with Crippen LogP contribution in [0.15, 0.2) is 23.0 Å². The lowest BCUT2D eigenvalue weighted by molar-refractivity contribution is 0.425. The van der Waals surface area contributed by atoms with Crippen LogP contribution < -0.4 is 15.8 Å². The van der Waals surface area contributed by atoms with Crippen molar-refractivity contribution in [1.82, 2.24) is 10.2 Å². The Morgan fingerprint density at radius 1 is 1.23 bits per heavy atom. The lowest BCUT2D eigenvalue weighted by atomic mass is 9.80. The number of nitrogens with one attached hydrogen (secondary N) is 1. The summed E-state index contributed by atoms with van der Waals surface area (Å²) in [7, 11) is -1.69. The highest BCUT2D eigenvalue weighted by atomic mass is 35.5. The molecule has 0 unspecified atom stereocenters. The van der Waals surface area contributed by atoms with Crippen molar-refractivity contribution < 1.29 is 14.8 Å². The van der Waals surface area contributed by atoms with E-state index in [1.165, 1.54) is 18.2 Å². The number of benzene rings is 1. The molecule has 0 fully saturated rings. The van der Waals surface area contributed by atoms with E-state index in [1.54, 1.807) is 0 Å². The van der Waals surface area contributed by atoms with Gasteiger partial charge in [0.25, 0.3) is 5.56 Å². The summed E-state index contributed by atoms with van der Waals surface area (Å²) in [5.41, 5.74) is 0.359. The zero-order chi connectivity index (χ0) is 16.4. The average Bonchev–Trinajstić information content (AvgIpc) is 2.43. The summed E-state index contributed by atoms with van der Waals surface area (Å²) in [6.45, 7) is 3.73. The molecule has 2 rings (SSSR count). The van der Waals surface area contributed by atoms with Crippen molar-refractivity contribution in [2.75, 3.05) is 0 Å². The van der Waals surface area contributed by atoms with Gasteiger partial charge >= 0.3 is 7.12 Å². The van der Waals surface area contributed by atoms with Gasteiger partial charge in [-0.1, -0.05) is 37.0 Å².